The molecule has 0 aliphatic heterocycles. The minimum absolute atomic E-state index is 0.0535. The van der Waals surface area contributed by atoms with Crippen LogP contribution in [-0.2, 0) is 0 Å². The van der Waals surface area contributed by atoms with Gasteiger partial charge in [0.25, 0.3) is 0 Å². The van der Waals surface area contributed by atoms with Gasteiger partial charge in [0, 0.05) is 9.13 Å². The molecule has 4 heteroatoms. The molecule has 0 fully saturated rings. The van der Waals surface area contributed by atoms with Crippen molar-refractivity contribution in [1.29, 1.82) is 0 Å². The van der Waals surface area contributed by atoms with Crippen molar-refractivity contribution in [2.24, 2.45) is 0 Å². The molecule has 19 heavy (non-hydrogen) atoms. The van der Waals surface area contributed by atoms with E-state index >= 15 is 0 Å². The van der Waals surface area contributed by atoms with E-state index in [2.05, 4.69) is 22.6 Å². The molecule has 0 bridgehead atoms. The predicted octanol–water partition coefficient (Wildman–Crippen LogP) is 4.05. The molecule has 1 aromatic carbocycles. The van der Waals surface area contributed by atoms with Crippen LogP contribution in [0, 0.1) is 24.3 Å². The Morgan fingerprint density at radius 1 is 1.21 bits per heavy atom. The number of benzene rings is 1. The zero-order chi connectivity index (χ0) is 14.2. The van der Waals surface area contributed by atoms with Gasteiger partial charge in [-0.2, -0.15) is 0 Å². The lowest BCUT2D eigenvalue weighted by atomic mass is 9.99. The quantitative estimate of drug-likeness (QED) is 0.605. The van der Waals surface area contributed by atoms with Crippen LogP contribution in [0.4, 0.5) is 0 Å². The number of carbonyl (C=O) groups is 1. The third-order valence-electron chi connectivity index (χ3n) is 3.19. The highest BCUT2D eigenvalue weighted by atomic mass is 127. The summed E-state index contributed by atoms with van der Waals surface area (Å²) in [4.78, 5) is 12.7. The Balaban J connectivity index is 2.59. The van der Waals surface area contributed by atoms with Gasteiger partial charge < -0.3 is 9.15 Å². The fourth-order valence-corrected chi connectivity index (χ4v) is 2.61. The van der Waals surface area contributed by atoms with Gasteiger partial charge in [-0.15, -0.1) is 0 Å². The lowest BCUT2D eigenvalue weighted by Crippen LogP contribution is -2.06. The first-order chi connectivity index (χ1) is 8.95. The minimum atomic E-state index is -0.0535. The van der Waals surface area contributed by atoms with Crippen LogP contribution in [0.15, 0.2) is 22.6 Å². The van der Waals surface area contributed by atoms with Gasteiger partial charge in [0.05, 0.1) is 18.2 Å². The number of hydrogen-bond donors (Lipinski definition) is 0. The molecule has 0 spiro atoms. The Morgan fingerprint density at radius 3 is 2.42 bits per heavy atom. The fourth-order valence-electron chi connectivity index (χ4n) is 2.12. The highest BCUT2D eigenvalue weighted by molar-refractivity contribution is 14.1. The summed E-state index contributed by atoms with van der Waals surface area (Å²) in [5.74, 6) is 1.97. The monoisotopic (exact) mass is 370 g/mol. The van der Waals surface area contributed by atoms with E-state index in [1.165, 1.54) is 0 Å². The van der Waals surface area contributed by atoms with Crippen molar-refractivity contribution in [2.45, 2.75) is 20.8 Å². The highest BCUT2D eigenvalue weighted by Crippen LogP contribution is 2.28. The fraction of sp³-hybridized carbons (Fsp3) is 0.267. The lowest BCUT2D eigenvalue weighted by molar-refractivity contribution is 0.103. The van der Waals surface area contributed by atoms with Crippen LogP contribution < -0.4 is 4.74 Å². The van der Waals surface area contributed by atoms with E-state index in [0.29, 0.717) is 22.6 Å². The van der Waals surface area contributed by atoms with Gasteiger partial charge in [0.15, 0.2) is 0 Å². The number of rotatable bonds is 3. The topological polar surface area (TPSA) is 39.4 Å². The van der Waals surface area contributed by atoms with Crippen molar-refractivity contribution in [2.75, 3.05) is 7.11 Å². The van der Waals surface area contributed by atoms with Gasteiger partial charge in [0.1, 0.15) is 17.3 Å². The molecule has 0 N–H and O–H groups in total. The molecule has 0 radical (unpaired) electrons. The van der Waals surface area contributed by atoms with E-state index < -0.39 is 0 Å². The Morgan fingerprint density at radius 2 is 1.89 bits per heavy atom. The van der Waals surface area contributed by atoms with Crippen LogP contribution in [-0.4, -0.2) is 12.9 Å². The Kier molecular flexibility index (Phi) is 3.99. The van der Waals surface area contributed by atoms with Crippen LogP contribution in [0.3, 0.4) is 0 Å². The molecule has 3 nitrogen and oxygen atoms in total. The Bertz CT molecular complexity index is 641. The molecule has 0 atom stereocenters. The molecule has 0 saturated carbocycles. The van der Waals surface area contributed by atoms with E-state index in [1.807, 2.05) is 39.0 Å². The number of furan rings is 1. The number of aryl methyl sites for hydroxylation is 2. The van der Waals surface area contributed by atoms with Crippen LogP contribution in [0.1, 0.15) is 33.0 Å². The summed E-state index contributed by atoms with van der Waals surface area (Å²) in [6.45, 7) is 5.58. The van der Waals surface area contributed by atoms with Gasteiger partial charge in [0.2, 0.25) is 5.78 Å². The summed E-state index contributed by atoms with van der Waals surface area (Å²) in [5.41, 5.74) is 2.10. The average Bonchev–Trinajstić information content (AvgIpc) is 2.62. The van der Waals surface area contributed by atoms with Crippen molar-refractivity contribution in [3.63, 3.8) is 0 Å². The van der Waals surface area contributed by atoms with Crippen LogP contribution in [0.25, 0.3) is 0 Å². The molecule has 0 aliphatic carbocycles. The second-order valence-electron chi connectivity index (χ2n) is 4.39. The number of hydrogen-bond acceptors (Lipinski definition) is 3. The first kappa shape index (κ1) is 14.1. The number of halogens is 1. The maximum atomic E-state index is 12.7. The van der Waals surface area contributed by atoms with Gasteiger partial charge in [-0.1, -0.05) is 0 Å². The first-order valence-corrected chi connectivity index (χ1v) is 6.98. The molecule has 2 aromatic rings. The molecule has 0 saturated heterocycles. The van der Waals surface area contributed by atoms with Crippen LogP contribution in [0.5, 0.6) is 5.75 Å². The summed E-state index contributed by atoms with van der Waals surface area (Å²) in [5, 5.41) is 0. The van der Waals surface area contributed by atoms with Crippen LogP contribution >= 0.6 is 22.6 Å². The number of ketones is 1. The summed E-state index contributed by atoms with van der Waals surface area (Å²) < 4.78 is 11.8. The predicted molar refractivity (Wildman–Crippen MR) is 82.1 cm³/mol. The average molecular weight is 370 g/mol. The molecule has 100 valence electrons. The Hall–Kier alpha value is -1.30. The van der Waals surface area contributed by atoms with E-state index in [4.69, 9.17) is 9.15 Å². The Labute approximate surface area is 126 Å². The largest absolute Gasteiger partial charge is 0.496 e. The number of carbonyl (C=O) groups excluding carboxylic acids is 1. The van der Waals surface area contributed by atoms with Gasteiger partial charge >= 0.3 is 0 Å². The molecule has 1 aromatic heterocycles. The maximum Gasteiger partial charge on any atom is 0.200 e. The van der Waals surface area contributed by atoms with E-state index in [9.17, 15) is 4.79 Å². The number of ether oxygens (including phenoxy) is 1. The van der Waals surface area contributed by atoms with Crippen molar-refractivity contribution in [3.05, 3.63) is 50.0 Å². The van der Waals surface area contributed by atoms with E-state index in [1.54, 1.807) is 7.11 Å². The summed E-state index contributed by atoms with van der Waals surface area (Å²) in [6.07, 6.45) is 0. The second kappa shape index (κ2) is 5.36. The smallest absolute Gasteiger partial charge is 0.200 e. The molecular formula is C15H15IO3. The molecule has 2 rings (SSSR count). The first-order valence-electron chi connectivity index (χ1n) is 5.90. The van der Waals surface area contributed by atoms with E-state index in [-0.39, 0.29) is 5.78 Å². The lowest BCUT2D eigenvalue weighted by Gasteiger charge is -2.08. The van der Waals surface area contributed by atoms with E-state index in [0.717, 1.165) is 14.9 Å². The summed E-state index contributed by atoms with van der Waals surface area (Å²) >= 11 is 2.18. The normalized spacial score (nSPS) is 10.6. The second-order valence-corrected chi connectivity index (χ2v) is 5.63. The summed E-state index contributed by atoms with van der Waals surface area (Å²) in [6, 6.07) is 5.56. The standard InChI is InChI=1S/C15H15IO3/c1-8-9(2)19-10(3)14(8)15(17)12-7-11(16)5-6-13(12)18-4/h5-7H,1-4H3. The molecule has 1 heterocycles. The molecule has 0 unspecified atom stereocenters. The van der Waals surface area contributed by atoms with Gasteiger partial charge in [-0.05, 0) is 61.6 Å². The minimum Gasteiger partial charge on any atom is -0.496 e. The van der Waals surface area contributed by atoms with Gasteiger partial charge in [-0.3, -0.25) is 4.79 Å². The molecular weight excluding hydrogens is 355 g/mol. The SMILES string of the molecule is COc1ccc(I)cc1C(=O)c1c(C)oc(C)c1C. The summed E-state index contributed by atoms with van der Waals surface area (Å²) in [7, 11) is 1.57. The molecule has 0 aliphatic rings. The number of methoxy groups -OCH3 is 1. The van der Waals surface area contributed by atoms with Crippen LogP contribution in [0.2, 0.25) is 0 Å². The zero-order valence-corrected chi connectivity index (χ0v) is 13.5. The van der Waals surface area contributed by atoms with Crippen molar-refractivity contribution in [1.82, 2.24) is 0 Å². The van der Waals surface area contributed by atoms with Gasteiger partial charge in [-0.25, -0.2) is 0 Å². The third kappa shape index (κ3) is 2.54. The zero-order valence-electron chi connectivity index (χ0n) is 11.3. The van der Waals surface area contributed by atoms with Crippen molar-refractivity contribution >= 4 is 28.4 Å². The maximum absolute atomic E-state index is 12.7. The highest BCUT2D eigenvalue weighted by Gasteiger charge is 2.22. The third-order valence-corrected chi connectivity index (χ3v) is 3.87. The van der Waals surface area contributed by atoms with Crippen molar-refractivity contribution < 1.29 is 13.9 Å². The molecule has 0 amide bonds. The van der Waals surface area contributed by atoms with Crippen molar-refractivity contribution in [3.8, 4) is 5.75 Å².